The van der Waals surface area contributed by atoms with Gasteiger partial charge in [0.1, 0.15) is 0 Å². The van der Waals surface area contributed by atoms with Gasteiger partial charge in [-0.1, -0.05) is 13.8 Å². The summed E-state index contributed by atoms with van der Waals surface area (Å²) in [4.78, 5) is 0. The standard InChI is InChI=1S/C15H29N3O2/c1-6-10-16-14(12(7-2)20-9-4)15-13(19-5)11-17-18(15)8-3/h11-12,14,16H,6-10H2,1-5H3. The first-order valence-corrected chi connectivity index (χ1v) is 7.67. The summed E-state index contributed by atoms with van der Waals surface area (Å²) in [5, 5.41) is 8.00. The lowest BCUT2D eigenvalue weighted by atomic mass is 10.0. The number of nitrogens with zero attached hydrogens (tertiary/aromatic N) is 2. The summed E-state index contributed by atoms with van der Waals surface area (Å²) in [5.74, 6) is 0.832. The lowest BCUT2D eigenvalue weighted by molar-refractivity contribution is 0.0285. The largest absolute Gasteiger partial charge is 0.493 e. The Hall–Kier alpha value is -1.07. The molecule has 20 heavy (non-hydrogen) atoms. The van der Waals surface area contributed by atoms with Crippen molar-refractivity contribution in [2.45, 2.75) is 59.2 Å². The molecule has 0 aromatic carbocycles. The maximum atomic E-state index is 5.91. The van der Waals surface area contributed by atoms with Crippen molar-refractivity contribution in [2.75, 3.05) is 20.3 Å². The summed E-state index contributed by atoms with van der Waals surface area (Å²) in [6, 6.07) is 0.109. The number of hydrogen-bond donors (Lipinski definition) is 1. The highest BCUT2D eigenvalue weighted by molar-refractivity contribution is 5.29. The molecule has 0 radical (unpaired) electrons. The predicted molar refractivity (Wildman–Crippen MR) is 81.2 cm³/mol. The van der Waals surface area contributed by atoms with Crippen molar-refractivity contribution >= 4 is 0 Å². The van der Waals surface area contributed by atoms with Crippen LogP contribution in [0, 0.1) is 0 Å². The van der Waals surface area contributed by atoms with Gasteiger partial charge in [-0.25, -0.2) is 0 Å². The SMILES string of the molecule is CCCNC(c1c(OC)cnn1CC)C(CC)OCC. The first-order valence-electron chi connectivity index (χ1n) is 7.67. The van der Waals surface area contributed by atoms with Gasteiger partial charge in [-0.3, -0.25) is 4.68 Å². The number of rotatable bonds is 10. The van der Waals surface area contributed by atoms with Crippen molar-refractivity contribution < 1.29 is 9.47 Å². The van der Waals surface area contributed by atoms with Crippen molar-refractivity contribution in [3.05, 3.63) is 11.9 Å². The highest BCUT2D eigenvalue weighted by atomic mass is 16.5. The van der Waals surface area contributed by atoms with Crippen LogP contribution in [0.15, 0.2) is 6.20 Å². The van der Waals surface area contributed by atoms with Crippen LogP contribution in [0.1, 0.15) is 52.3 Å². The van der Waals surface area contributed by atoms with Crippen LogP contribution in [0.4, 0.5) is 0 Å². The van der Waals surface area contributed by atoms with Gasteiger partial charge in [0.25, 0.3) is 0 Å². The summed E-state index contributed by atoms with van der Waals surface area (Å²) >= 11 is 0. The Balaban J connectivity index is 3.10. The molecule has 0 aliphatic rings. The average molecular weight is 283 g/mol. The molecule has 0 saturated carbocycles. The van der Waals surface area contributed by atoms with E-state index in [1.165, 1.54) is 0 Å². The first-order chi connectivity index (χ1) is 9.73. The molecule has 1 rings (SSSR count). The minimum absolute atomic E-state index is 0.109. The maximum absolute atomic E-state index is 5.91. The number of ether oxygens (including phenoxy) is 2. The molecule has 116 valence electrons. The van der Waals surface area contributed by atoms with E-state index in [-0.39, 0.29) is 12.1 Å². The minimum Gasteiger partial charge on any atom is -0.493 e. The molecular formula is C15H29N3O2. The Morgan fingerprint density at radius 3 is 2.55 bits per heavy atom. The van der Waals surface area contributed by atoms with Gasteiger partial charge in [0.05, 0.1) is 31.1 Å². The van der Waals surface area contributed by atoms with E-state index in [4.69, 9.17) is 9.47 Å². The van der Waals surface area contributed by atoms with Gasteiger partial charge in [0, 0.05) is 13.2 Å². The molecule has 5 nitrogen and oxygen atoms in total. The zero-order valence-electron chi connectivity index (χ0n) is 13.5. The first kappa shape index (κ1) is 17.0. The Kier molecular flexibility index (Phi) is 7.62. The second kappa shape index (κ2) is 8.97. The fourth-order valence-corrected chi connectivity index (χ4v) is 2.47. The molecule has 1 aromatic rings. The number of methoxy groups -OCH3 is 1. The summed E-state index contributed by atoms with van der Waals surface area (Å²) < 4.78 is 13.4. The van der Waals surface area contributed by atoms with Crippen molar-refractivity contribution in [3.63, 3.8) is 0 Å². The fraction of sp³-hybridized carbons (Fsp3) is 0.800. The molecular weight excluding hydrogens is 254 g/mol. The monoisotopic (exact) mass is 283 g/mol. The maximum Gasteiger partial charge on any atom is 0.161 e. The molecule has 5 heteroatoms. The number of aromatic nitrogens is 2. The molecule has 2 unspecified atom stereocenters. The molecule has 1 heterocycles. The van der Waals surface area contributed by atoms with E-state index in [1.807, 2.05) is 11.6 Å². The van der Waals surface area contributed by atoms with E-state index >= 15 is 0 Å². The highest BCUT2D eigenvalue weighted by Crippen LogP contribution is 2.30. The van der Waals surface area contributed by atoms with Crippen molar-refractivity contribution in [3.8, 4) is 5.75 Å². The van der Waals surface area contributed by atoms with Crippen LogP contribution >= 0.6 is 0 Å². The molecule has 0 amide bonds. The Morgan fingerprint density at radius 2 is 2.05 bits per heavy atom. The Labute approximate surface area is 122 Å². The smallest absolute Gasteiger partial charge is 0.161 e. The molecule has 1 N–H and O–H groups in total. The zero-order chi connectivity index (χ0) is 15.0. The molecule has 2 atom stereocenters. The zero-order valence-corrected chi connectivity index (χ0v) is 13.5. The Morgan fingerprint density at radius 1 is 1.30 bits per heavy atom. The van der Waals surface area contributed by atoms with Crippen molar-refractivity contribution in [2.24, 2.45) is 0 Å². The predicted octanol–water partition coefficient (Wildman–Crippen LogP) is 2.77. The molecule has 0 aliphatic carbocycles. The van der Waals surface area contributed by atoms with E-state index in [1.54, 1.807) is 13.3 Å². The quantitative estimate of drug-likeness (QED) is 0.717. The van der Waals surface area contributed by atoms with Crippen LogP contribution in [0.25, 0.3) is 0 Å². The van der Waals surface area contributed by atoms with Crippen LogP contribution < -0.4 is 10.1 Å². The van der Waals surface area contributed by atoms with Crippen molar-refractivity contribution in [1.29, 1.82) is 0 Å². The number of aryl methyl sites for hydroxylation is 1. The lowest BCUT2D eigenvalue weighted by Gasteiger charge is -2.28. The van der Waals surface area contributed by atoms with E-state index < -0.39 is 0 Å². The summed E-state index contributed by atoms with van der Waals surface area (Å²) in [7, 11) is 1.69. The van der Waals surface area contributed by atoms with Crippen LogP contribution in [0.3, 0.4) is 0 Å². The van der Waals surface area contributed by atoms with Gasteiger partial charge in [0.2, 0.25) is 0 Å². The van der Waals surface area contributed by atoms with Crippen LogP contribution in [-0.2, 0) is 11.3 Å². The third kappa shape index (κ3) is 3.96. The van der Waals surface area contributed by atoms with E-state index in [2.05, 4.69) is 31.2 Å². The number of hydrogen-bond acceptors (Lipinski definition) is 4. The summed E-state index contributed by atoms with van der Waals surface area (Å²) in [6.07, 6.45) is 3.95. The second-order valence-electron chi connectivity index (χ2n) is 4.75. The normalized spacial score (nSPS) is 14.2. The van der Waals surface area contributed by atoms with Gasteiger partial charge in [0.15, 0.2) is 5.75 Å². The van der Waals surface area contributed by atoms with Crippen LogP contribution in [0.2, 0.25) is 0 Å². The molecule has 1 aromatic heterocycles. The molecule has 0 fully saturated rings. The summed E-state index contributed by atoms with van der Waals surface area (Å²) in [5.41, 5.74) is 1.09. The third-order valence-corrected chi connectivity index (χ3v) is 3.43. The van der Waals surface area contributed by atoms with Gasteiger partial charge in [-0.05, 0) is 33.2 Å². The fourth-order valence-electron chi connectivity index (χ4n) is 2.47. The van der Waals surface area contributed by atoms with Gasteiger partial charge < -0.3 is 14.8 Å². The van der Waals surface area contributed by atoms with Crippen LogP contribution in [0.5, 0.6) is 5.75 Å². The van der Waals surface area contributed by atoms with Crippen LogP contribution in [-0.4, -0.2) is 36.1 Å². The third-order valence-electron chi connectivity index (χ3n) is 3.43. The highest BCUT2D eigenvalue weighted by Gasteiger charge is 2.28. The summed E-state index contributed by atoms with van der Waals surface area (Å²) in [6.45, 7) is 10.9. The molecule has 0 spiro atoms. The molecule has 0 aliphatic heterocycles. The van der Waals surface area contributed by atoms with Crippen molar-refractivity contribution in [1.82, 2.24) is 15.1 Å². The minimum atomic E-state index is 0.109. The van der Waals surface area contributed by atoms with E-state index in [0.717, 1.165) is 37.4 Å². The Bertz CT molecular complexity index is 358. The second-order valence-corrected chi connectivity index (χ2v) is 4.75. The number of nitrogens with one attached hydrogen (secondary N) is 1. The lowest BCUT2D eigenvalue weighted by Crippen LogP contribution is -2.36. The van der Waals surface area contributed by atoms with E-state index in [0.29, 0.717) is 6.61 Å². The van der Waals surface area contributed by atoms with Gasteiger partial charge in [-0.2, -0.15) is 5.10 Å². The molecule has 0 bridgehead atoms. The topological polar surface area (TPSA) is 48.3 Å². The van der Waals surface area contributed by atoms with Gasteiger partial charge >= 0.3 is 0 Å². The average Bonchev–Trinajstić information content (AvgIpc) is 2.89. The van der Waals surface area contributed by atoms with Gasteiger partial charge in [-0.15, -0.1) is 0 Å². The van der Waals surface area contributed by atoms with E-state index in [9.17, 15) is 0 Å². The molecule has 0 saturated heterocycles.